The van der Waals surface area contributed by atoms with Gasteiger partial charge in [0.25, 0.3) is 0 Å². The van der Waals surface area contributed by atoms with Gasteiger partial charge in [-0.05, 0) is 38.3 Å². The maximum Gasteiger partial charge on any atom is 0.106 e. The molecule has 1 aromatic rings. The quantitative estimate of drug-likeness (QED) is 0.660. The molecule has 0 aromatic carbocycles. The topological polar surface area (TPSA) is 46.5 Å². The molecule has 1 aliphatic heterocycles. The Hall–Kier alpha value is -0.940. The van der Waals surface area contributed by atoms with E-state index in [0.29, 0.717) is 5.92 Å². The minimum atomic E-state index is 0.624. The first kappa shape index (κ1) is 15.9. The Balaban J connectivity index is 1.68. The molecule has 2 fully saturated rings. The highest BCUT2D eigenvalue weighted by Gasteiger charge is 2.22. The van der Waals surface area contributed by atoms with Crippen LogP contribution in [0.15, 0.2) is 10.5 Å². The Bertz CT molecular complexity index is 488. The van der Waals surface area contributed by atoms with Crippen LogP contribution in [0.2, 0.25) is 0 Å². The minimum absolute atomic E-state index is 0.624. The van der Waals surface area contributed by atoms with E-state index in [-0.39, 0.29) is 0 Å². The van der Waals surface area contributed by atoms with Gasteiger partial charge in [-0.25, -0.2) is 4.98 Å². The SMILES string of the molecule is CON=C(CC1CCCCC1)c1csc(C2CCNCC2)n1. The highest BCUT2D eigenvalue weighted by molar-refractivity contribution is 7.09. The van der Waals surface area contributed by atoms with Crippen molar-refractivity contribution in [3.63, 3.8) is 0 Å². The molecule has 0 bridgehead atoms. The van der Waals surface area contributed by atoms with Gasteiger partial charge in [-0.15, -0.1) is 11.3 Å². The number of oxime groups is 1. The molecule has 22 heavy (non-hydrogen) atoms. The summed E-state index contributed by atoms with van der Waals surface area (Å²) in [5.74, 6) is 1.38. The lowest BCUT2D eigenvalue weighted by Crippen LogP contribution is -2.26. The molecular weight excluding hydrogens is 294 g/mol. The van der Waals surface area contributed by atoms with Crippen LogP contribution < -0.4 is 5.32 Å². The highest BCUT2D eigenvalue weighted by Crippen LogP contribution is 2.31. The van der Waals surface area contributed by atoms with Crippen molar-refractivity contribution in [2.45, 2.75) is 57.3 Å². The second-order valence-electron chi connectivity index (χ2n) is 6.52. The largest absolute Gasteiger partial charge is 0.399 e. The molecule has 1 saturated carbocycles. The van der Waals surface area contributed by atoms with Crippen LogP contribution in [0.1, 0.15) is 68.0 Å². The molecule has 4 nitrogen and oxygen atoms in total. The first-order valence-electron chi connectivity index (χ1n) is 8.63. The lowest BCUT2D eigenvalue weighted by molar-refractivity contribution is 0.211. The van der Waals surface area contributed by atoms with Gasteiger partial charge in [0.1, 0.15) is 12.8 Å². The molecular formula is C17H27N3OS. The van der Waals surface area contributed by atoms with Crippen LogP contribution in [0.25, 0.3) is 0 Å². The third kappa shape index (κ3) is 4.07. The normalized spacial score (nSPS) is 22.0. The maximum absolute atomic E-state index is 5.10. The molecule has 1 N–H and O–H groups in total. The van der Waals surface area contributed by atoms with Crippen LogP contribution in [0.3, 0.4) is 0 Å². The van der Waals surface area contributed by atoms with E-state index in [9.17, 15) is 0 Å². The maximum atomic E-state index is 5.10. The molecule has 1 aliphatic carbocycles. The van der Waals surface area contributed by atoms with E-state index in [2.05, 4.69) is 15.9 Å². The first-order valence-corrected chi connectivity index (χ1v) is 9.51. The van der Waals surface area contributed by atoms with Crippen LogP contribution in [-0.2, 0) is 4.84 Å². The van der Waals surface area contributed by atoms with Gasteiger partial charge in [0, 0.05) is 11.3 Å². The smallest absolute Gasteiger partial charge is 0.106 e. The zero-order chi connectivity index (χ0) is 15.2. The fraction of sp³-hybridized carbons (Fsp3) is 0.765. The fourth-order valence-corrected chi connectivity index (χ4v) is 4.64. The highest BCUT2D eigenvalue weighted by atomic mass is 32.1. The Morgan fingerprint density at radius 1 is 1.27 bits per heavy atom. The summed E-state index contributed by atoms with van der Waals surface area (Å²) in [5.41, 5.74) is 2.09. The van der Waals surface area contributed by atoms with Crippen molar-refractivity contribution in [1.29, 1.82) is 0 Å². The fourth-order valence-electron chi connectivity index (χ4n) is 3.64. The van der Waals surface area contributed by atoms with Crippen LogP contribution in [0.4, 0.5) is 0 Å². The molecule has 0 atom stereocenters. The molecule has 0 spiro atoms. The van der Waals surface area contributed by atoms with Crippen molar-refractivity contribution >= 4 is 17.0 Å². The summed E-state index contributed by atoms with van der Waals surface area (Å²) >= 11 is 1.80. The summed E-state index contributed by atoms with van der Waals surface area (Å²) in [7, 11) is 1.64. The van der Waals surface area contributed by atoms with Crippen LogP contribution in [-0.4, -0.2) is 30.9 Å². The van der Waals surface area contributed by atoms with Crippen molar-refractivity contribution in [2.75, 3.05) is 20.2 Å². The monoisotopic (exact) mass is 321 g/mol. The summed E-state index contributed by atoms with van der Waals surface area (Å²) in [6.45, 7) is 2.22. The summed E-state index contributed by atoms with van der Waals surface area (Å²) in [6.07, 6.45) is 10.2. The molecule has 2 heterocycles. The van der Waals surface area contributed by atoms with Crippen molar-refractivity contribution in [3.05, 3.63) is 16.1 Å². The van der Waals surface area contributed by atoms with Gasteiger partial charge in [0.05, 0.1) is 10.7 Å². The van der Waals surface area contributed by atoms with Gasteiger partial charge in [-0.3, -0.25) is 0 Å². The Morgan fingerprint density at radius 3 is 2.77 bits per heavy atom. The van der Waals surface area contributed by atoms with E-state index < -0.39 is 0 Å². The van der Waals surface area contributed by atoms with Crippen molar-refractivity contribution in [3.8, 4) is 0 Å². The molecule has 0 radical (unpaired) electrons. The number of nitrogens with one attached hydrogen (secondary N) is 1. The summed E-state index contributed by atoms with van der Waals surface area (Å²) in [5, 5.41) is 11.2. The Kier molecular flexibility index (Phi) is 5.84. The number of rotatable bonds is 5. The average molecular weight is 321 g/mol. The number of thiazole rings is 1. The summed E-state index contributed by atoms with van der Waals surface area (Å²) in [6, 6.07) is 0. The molecule has 0 amide bonds. The zero-order valence-corrected chi connectivity index (χ0v) is 14.3. The Morgan fingerprint density at radius 2 is 2.05 bits per heavy atom. The molecule has 1 saturated heterocycles. The minimum Gasteiger partial charge on any atom is -0.399 e. The van der Waals surface area contributed by atoms with E-state index in [0.717, 1.165) is 36.8 Å². The summed E-state index contributed by atoms with van der Waals surface area (Å²) < 4.78 is 0. The second-order valence-corrected chi connectivity index (χ2v) is 7.41. The number of hydrogen-bond acceptors (Lipinski definition) is 5. The molecule has 1 aromatic heterocycles. The standard InChI is InChI=1S/C17H27N3OS/c1-21-20-15(11-13-5-3-2-4-6-13)16-12-22-17(19-16)14-7-9-18-10-8-14/h12-14,18H,2-11H2,1H3. The van der Waals surface area contributed by atoms with Gasteiger partial charge in [-0.1, -0.05) is 37.3 Å². The van der Waals surface area contributed by atoms with Gasteiger partial charge in [0.2, 0.25) is 0 Å². The van der Waals surface area contributed by atoms with Gasteiger partial charge < -0.3 is 10.2 Å². The molecule has 5 heteroatoms. The number of hydrogen-bond donors (Lipinski definition) is 1. The molecule has 122 valence electrons. The van der Waals surface area contributed by atoms with Crippen LogP contribution >= 0.6 is 11.3 Å². The van der Waals surface area contributed by atoms with E-state index in [1.165, 1.54) is 50.0 Å². The third-order valence-corrected chi connectivity index (χ3v) is 5.92. The lowest BCUT2D eigenvalue weighted by atomic mass is 9.85. The zero-order valence-electron chi connectivity index (χ0n) is 13.5. The van der Waals surface area contributed by atoms with Crippen molar-refractivity contribution in [2.24, 2.45) is 11.1 Å². The van der Waals surface area contributed by atoms with E-state index in [1.807, 2.05) is 0 Å². The van der Waals surface area contributed by atoms with E-state index >= 15 is 0 Å². The van der Waals surface area contributed by atoms with Crippen LogP contribution in [0.5, 0.6) is 0 Å². The number of aromatic nitrogens is 1. The van der Waals surface area contributed by atoms with E-state index in [4.69, 9.17) is 9.82 Å². The average Bonchev–Trinajstić information content (AvgIpc) is 3.06. The van der Waals surface area contributed by atoms with Crippen molar-refractivity contribution in [1.82, 2.24) is 10.3 Å². The van der Waals surface area contributed by atoms with E-state index in [1.54, 1.807) is 18.4 Å². The van der Waals surface area contributed by atoms with Crippen molar-refractivity contribution < 1.29 is 4.84 Å². The molecule has 2 aliphatic rings. The predicted octanol–water partition coefficient (Wildman–Crippen LogP) is 3.93. The number of piperidine rings is 1. The van der Waals surface area contributed by atoms with Gasteiger partial charge >= 0.3 is 0 Å². The predicted molar refractivity (Wildman–Crippen MR) is 91.7 cm³/mol. The molecule has 3 rings (SSSR count). The van der Waals surface area contributed by atoms with Gasteiger partial charge in [0.15, 0.2) is 0 Å². The van der Waals surface area contributed by atoms with Gasteiger partial charge in [-0.2, -0.15) is 0 Å². The Labute approximate surface area is 137 Å². The second kappa shape index (κ2) is 8.06. The lowest BCUT2D eigenvalue weighted by Gasteiger charge is -2.21. The number of nitrogens with zero attached hydrogens (tertiary/aromatic N) is 2. The summed E-state index contributed by atoms with van der Waals surface area (Å²) in [4.78, 5) is 10.00. The first-order chi connectivity index (χ1) is 10.9. The molecule has 0 unspecified atom stereocenters. The van der Waals surface area contributed by atoms with Crippen LogP contribution in [0, 0.1) is 5.92 Å². The third-order valence-electron chi connectivity index (χ3n) is 4.91.